The van der Waals surface area contributed by atoms with E-state index < -0.39 is 6.10 Å². The van der Waals surface area contributed by atoms with Gasteiger partial charge in [0.15, 0.2) is 0 Å². The van der Waals surface area contributed by atoms with Gasteiger partial charge in [-0.2, -0.15) is 0 Å². The van der Waals surface area contributed by atoms with Crippen molar-refractivity contribution in [3.8, 4) is 0 Å². The molecular weight excluding hydrogens is 407 g/mol. The van der Waals surface area contributed by atoms with Gasteiger partial charge in [0.05, 0.1) is 25.0 Å². The molecule has 0 amide bonds. The molecule has 160 valence electrons. The van der Waals surface area contributed by atoms with E-state index in [1.807, 2.05) is 35.2 Å². The molecule has 30 heavy (non-hydrogen) atoms. The van der Waals surface area contributed by atoms with E-state index in [1.165, 1.54) is 12.1 Å². The van der Waals surface area contributed by atoms with Gasteiger partial charge in [-0.1, -0.05) is 53.2 Å². The molecule has 2 aromatic rings. The summed E-state index contributed by atoms with van der Waals surface area (Å²) in [4.78, 5) is 7.65. The van der Waals surface area contributed by atoms with Gasteiger partial charge in [-0.15, -0.1) is 6.58 Å². The first-order valence-corrected chi connectivity index (χ1v) is 10.2. The first-order chi connectivity index (χ1) is 14.5. The summed E-state index contributed by atoms with van der Waals surface area (Å²) >= 11 is 6.27. The lowest BCUT2D eigenvalue weighted by Crippen LogP contribution is -2.39. The van der Waals surface area contributed by atoms with Gasteiger partial charge in [-0.25, -0.2) is 4.39 Å². The monoisotopic (exact) mass is 432 g/mol. The molecule has 1 heterocycles. The van der Waals surface area contributed by atoms with E-state index in [4.69, 9.17) is 21.2 Å². The van der Waals surface area contributed by atoms with Crippen LogP contribution in [0.3, 0.4) is 0 Å². The number of halogens is 2. The van der Waals surface area contributed by atoms with Crippen molar-refractivity contribution in [1.82, 2.24) is 4.90 Å². The Bertz CT molecular complexity index is 877. The van der Waals surface area contributed by atoms with Gasteiger partial charge in [0.2, 0.25) is 0 Å². The van der Waals surface area contributed by atoms with Crippen LogP contribution in [-0.4, -0.2) is 54.2 Å². The fourth-order valence-corrected chi connectivity index (χ4v) is 3.65. The Kier molecular flexibility index (Phi) is 8.39. The van der Waals surface area contributed by atoms with E-state index in [9.17, 15) is 9.50 Å². The molecule has 7 heteroatoms. The number of oxime groups is 1. The number of aliphatic hydroxyl groups is 1. The molecule has 5 nitrogen and oxygen atoms in total. The van der Waals surface area contributed by atoms with E-state index in [0.717, 1.165) is 16.8 Å². The zero-order valence-electron chi connectivity index (χ0n) is 16.7. The Morgan fingerprint density at radius 1 is 1.33 bits per heavy atom. The highest BCUT2D eigenvalue weighted by molar-refractivity contribution is 6.34. The number of rotatable bonds is 11. The van der Waals surface area contributed by atoms with Gasteiger partial charge in [-0.05, 0) is 23.8 Å². The number of hydrogen-bond donors (Lipinski definition) is 1. The average Bonchev–Trinajstić information content (AvgIpc) is 3.16. The van der Waals surface area contributed by atoms with Crippen LogP contribution < -0.4 is 0 Å². The lowest BCUT2D eigenvalue weighted by atomic mass is 10.0. The maximum atomic E-state index is 13.6. The van der Waals surface area contributed by atoms with E-state index >= 15 is 0 Å². The number of ether oxygens (including phenoxy) is 1. The SMILES string of the molecule is C=CCOC[C@H](O)CN(Cc1cccc(F)c1)C[C@@H]1CC(c2ccccc2Cl)=NO1. The molecule has 0 saturated carbocycles. The Morgan fingerprint density at radius 2 is 2.17 bits per heavy atom. The third-order valence-corrected chi connectivity index (χ3v) is 5.02. The van der Waals surface area contributed by atoms with Crippen LogP contribution in [0.25, 0.3) is 0 Å². The van der Waals surface area contributed by atoms with Crippen molar-refractivity contribution >= 4 is 17.3 Å². The van der Waals surface area contributed by atoms with Crippen LogP contribution in [-0.2, 0) is 16.1 Å². The van der Waals surface area contributed by atoms with Gasteiger partial charge in [0.1, 0.15) is 11.9 Å². The van der Waals surface area contributed by atoms with Crippen molar-refractivity contribution in [2.24, 2.45) is 5.16 Å². The zero-order valence-corrected chi connectivity index (χ0v) is 17.5. The minimum absolute atomic E-state index is 0.189. The van der Waals surface area contributed by atoms with Gasteiger partial charge in [-0.3, -0.25) is 4.90 Å². The minimum Gasteiger partial charge on any atom is -0.390 e. The van der Waals surface area contributed by atoms with E-state index in [2.05, 4.69) is 11.7 Å². The third kappa shape index (κ3) is 6.64. The summed E-state index contributed by atoms with van der Waals surface area (Å²) in [6.07, 6.45) is 1.36. The molecule has 2 aromatic carbocycles. The second-order valence-electron chi connectivity index (χ2n) is 7.25. The fraction of sp³-hybridized carbons (Fsp3) is 0.348. The highest BCUT2D eigenvalue weighted by atomic mass is 35.5. The molecular formula is C23H26ClFN2O3. The number of benzene rings is 2. The Balaban J connectivity index is 1.63. The van der Waals surface area contributed by atoms with Crippen molar-refractivity contribution in [3.05, 3.63) is 83.2 Å². The molecule has 0 spiro atoms. The maximum Gasteiger partial charge on any atom is 0.145 e. The van der Waals surface area contributed by atoms with E-state index in [-0.39, 0.29) is 18.5 Å². The van der Waals surface area contributed by atoms with Crippen molar-refractivity contribution in [2.45, 2.75) is 25.2 Å². The highest BCUT2D eigenvalue weighted by Crippen LogP contribution is 2.23. The van der Waals surface area contributed by atoms with Crippen LogP contribution in [0.15, 0.2) is 66.3 Å². The first kappa shape index (κ1) is 22.4. The summed E-state index contributed by atoms with van der Waals surface area (Å²) in [6.45, 7) is 5.51. The Hall–Kier alpha value is -2.25. The summed E-state index contributed by atoms with van der Waals surface area (Å²) in [6, 6.07) is 14.0. The zero-order chi connectivity index (χ0) is 21.3. The molecule has 0 aliphatic carbocycles. The fourth-order valence-electron chi connectivity index (χ4n) is 3.40. The molecule has 1 aliphatic heterocycles. The van der Waals surface area contributed by atoms with Gasteiger partial charge < -0.3 is 14.7 Å². The second kappa shape index (κ2) is 11.2. The largest absolute Gasteiger partial charge is 0.390 e. The average molecular weight is 433 g/mol. The quantitative estimate of drug-likeness (QED) is 0.430. The standard InChI is InChI=1S/C23H26ClFN2O3/c1-2-10-29-16-19(28)14-27(13-17-6-5-7-18(25)11-17)15-20-12-23(26-30-20)21-8-3-4-9-22(21)24/h2-9,11,19-20,28H,1,10,12-16H2/t19-,20+/m1/s1. The van der Waals surface area contributed by atoms with Crippen LogP contribution in [0.1, 0.15) is 17.5 Å². The summed E-state index contributed by atoms with van der Waals surface area (Å²) in [5.74, 6) is -0.288. The van der Waals surface area contributed by atoms with Gasteiger partial charge in [0, 0.05) is 36.6 Å². The molecule has 0 bridgehead atoms. The van der Waals surface area contributed by atoms with Crippen LogP contribution in [0, 0.1) is 5.82 Å². The maximum absolute atomic E-state index is 13.6. The molecule has 0 saturated heterocycles. The van der Waals surface area contributed by atoms with E-state index in [0.29, 0.717) is 37.7 Å². The lowest BCUT2D eigenvalue weighted by Gasteiger charge is -2.27. The molecule has 2 atom stereocenters. The van der Waals surface area contributed by atoms with Crippen LogP contribution in [0.5, 0.6) is 0 Å². The molecule has 3 rings (SSSR count). The molecule has 1 N–H and O–H groups in total. The van der Waals surface area contributed by atoms with Crippen molar-refractivity contribution in [2.75, 3.05) is 26.3 Å². The predicted octanol–water partition coefficient (Wildman–Crippen LogP) is 4.04. The molecule has 0 aromatic heterocycles. The third-order valence-electron chi connectivity index (χ3n) is 4.69. The lowest BCUT2D eigenvalue weighted by molar-refractivity contribution is 0.00334. The topological polar surface area (TPSA) is 54.3 Å². The normalized spacial score (nSPS) is 16.9. The summed E-state index contributed by atoms with van der Waals surface area (Å²) < 4.78 is 19.0. The molecule has 1 aliphatic rings. The Morgan fingerprint density at radius 3 is 2.93 bits per heavy atom. The second-order valence-corrected chi connectivity index (χ2v) is 7.66. The molecule has 0 radical (unpaired) electrons. The number of aliphatic hydroxyl groups excluding tert-OH is 1. The van der Waals surface area contributed by atoms with E-state index in [1.54, 1.807) is 12.1 Å². The predicted molar refractivity (Wildman–Crippen MR) is 116 cm³/mol. The van der Waals surface area contributed by atoms with Crippen LogP contribution in [0.2, 0.25) is 5.02 Å². The molecule has 0 unspecified atom stereocenters. The van der Waals surface area contributed by atoms with Crippen molar-refractivity contribution < 1.29 is 19.1 Å². The number of nitrogens with zero attached hydrogens (tertiary/aromatic N) is 2. The summed E-state index contributed by atoms with van der Waals surface area (Å²) in [5, 5.41) is 15.2. The number of hydrogen-bond acceptors (Lipinski definition) is 5. The Labute approximate surface area is 181 Å². The summed E-state index contributed by atoms with van der Waals surface area (Å²) in [7, 11) is 0. The van der Waals surface area contributed by atoms with Crippen molar-refractivity contribution in [3.63, 3.8) is 0 Å². The highest BCUT2D eigenvalue weighted by Gasteiger charge is 2.26. The first-order valence-electron chi connectivity index (χ1n) is 9.86. The van der Waals surface area contributed by atoms with Gasteiger partial charge >= 0.3 is 0 Å². The van der Waals surface area contributed by atoms with Gasteiger partial charge in [0.25, 0.3) is 0 Å². The van der Waals surface area contributed by atoms with Crippen LogP contribution in [0.4, 0.5) is 4.39 Å². The molecule has 0 fully saturated rings. The summed E-state index contributed by atoms with van der Waals surface area (Å²) in [5.41, 5.74) is 2.47. The smallest absolute Gasteiger partial charge is 0.145 e. The van der Waals surface area contributed by atoms with Crippen molar-refractivity contribution in [1.29, 1.82) is 0 Å². The minimum atomic E-state index is -0.691. The van der Waals surface area contributed by atoms with Crippen LogP contribution >= 0.6 is 11.6 Å².